The first-order valence-corrected chi connectivity index (χ1v) is 5.44. The first-order chi connectivity index (χ1) is 7.18. The monoisotopic (exact) mass is 209 g/mol. The van der Waals surface area contributed by atoms with Crippen molar-refractivity contribution in [2.75, 3.05) is 33.2 Å². The number of fused-ring (bicyclic) bond motifs is 1. The molecule has 0 spiro atoms. The van der Waals surface area contributed by atoms with Crippen LogP contribution in [0.5, 0.6) is 0 Å². The Bertz CT molecular complexity index is 321. The third kappa shape index (κ3) is 1.26. The molecule has 1 saturated carbocycles. The molecule has 2 heterocycles. The van der Waals surface area contributed by atoms with Gasteiger partial charge in [-0.15, -0.1) is 0 Å². The van der Waals surface area contributed by atoms with Crippen LogP contribution in [-0.4, -0.2) is 55.0 Å². The van der Waals surface area contributed by atoms with E-state index in [9.17, 15) is 9.59 Å². The summed E-state index contributed by atoms with van der Waals surface area (Å²) in [5, 5.41) is 3.31. The van der Waals surface area contributed by atoms with Crippen molar-refractivity contribution in [1.82, 2.24) is 15.1 Å². The van der Waals surface area contributed by atoms with Crippen LogP contribution in [0.2, 0.25) is 0 Å². The highest BCUT2D eigenvalue weighted by molar-refractivity contribution is 6.01. The van der Waals surface area contributed by atoms with Gasteiger partial charge in [-0.05, 0) is 30.8 Å². The smallest absolute Gasteiger partial charge is 0.318 e. The van der Waals surface area contributed by atoms with E-state index < -0.39 is 0 Å². The Morgan fingerprint density at radius 2 is 2.00 bits per heavy atom. The molecule has 1 N–H and O–H groups in total. The molecule has 2 saturated heterocycles. The van der Waals surface area contributed by atoms with Gasteiger partial charge in [0.05, 0.1) is 0 Å². The summed E-state index contributed by atoms with van der Waals surface area (Å²) >= 11 is 0. The summed E-state index contributed by atoms with van der Waals surface area (Å²) in [6, 6.07) is -0.127. The summed E-state index contributed by atoms with van der Waals surface area (Å²) in [4.78, 5) is 26.0. The fourth-order valence-electron chi connectivity index (χ4n) is 2.88. The van der Waals surface area contributed by atoms with Gasteiger partial charge in [0.15, 0.2) is 0 Å². The van der Waals surface area contributed by atoms with Gasteiger partial charge >= 0.3 is 6.03 Å². The van der Waals surface area contributed by atoms with Crippen LogP contribution in [0.1, 0.15) is 0 Å². The third-order valence-corrected chi connectivity index (χ3v) is 3.89. The van der Waals surface area contributed by atoms with Crippen LogP contribution in [0, 0.1) is 17.8 Å². The third-order valence-electron chi connectivity index (χ3n) is 3.89. The number of nitrogens with zero attached hydrogens (tertiary/aromatic N) is 2. The van der Waals surface area contributed by atoms with Gasteiger partial charge < -0.3 is 10.2 Å². The molecule has 0 radical (unpaired) electrons. The highest BCUT2D eigenvalue weighted by Crippen LogP contribution is 2.49. The lowest BCUT2D eigenvalue weighted by molar-refractivity contribution is -0.125. The molecular weight excluding hydrogens is 194 g/mol. The summed E-state index contributed by atoms with van der Waals surface area (Å²) in [5.74, 6) is 1.93. The van der Waals surface area contributed by atoms with Crippen molar-refractivity contribution in [2.45, 2.75) is 0 Å². The molecule has 2 aliphatic heterocycles. The van der Waals surface area contributed by atoms with E-state index in [1.165, 1.54) is 9.80 Å². The van der Waals surface area contributed by atoms with E-state index in [1.54, 1.807) is 7.05 Å². The van der Waals surface area contributed by atoms with Gasteiger partial charge in [0.1, 0.15) is 6.54 Å². The summed E-state index contributed by atoms with van der Waals surface area (Å²) in [5.41, 5.74) is 0. The number of imide groups is 1. The first kappa shape index (κ1) is 9.15. The van der Waals surface area contributed by atoms with Gasteiger partial charge in [0, 0.05) is 13.6 Å². The van der Waals surface area contributed by atoms with E-state index >= 15 is 0 Å². The quantitative estimate of drug-likeness (QED) is 0.615. The maximum atomic E-state index is 11.6. The average Bonchev–Trinajstić information content (AvgIpc) is 2.58. The van der Waals surface area contributed by atoms with Crippen LogP contribution in [0.15, 0.2) is 0 Å². The van der Waals surface area contributed by atoms with Crippen LogP contribution in [-0.2, 0) is 4.79 Å². The number of amides is 3. The second kappa shape index (κ2) is 2.95. The number of rotatable bonds is 2. The molecule has 3 fully saturated rings. The minimum atomic E-state index is -0.127. The molecule has 2 atom stereocenters. The molecule has 5 nitrogen and oxygen atoms in total. The maximum Gasteiger partial charge on any atom is 0.326 e. The van der Waals surface area contributed by atoms with Gasteiger partial charge in [0.2, 0.25) is 5.91 Å². The Morgan fingerprint density at radius 1 is 1.33 bits per heavy atom. The van der Waals surface area contributed by atoms with Crippen molar-refractivity contribution in [3.63, 3.8) is 0 Å². The van der Waals surface area contributed by atoms with Crippen molar-refractivity contribution < 1.29 is 9.59 Å². The molecule has 0 aromatic heterocycles. The van der Waals surface area contributed by atoms with E-state index in [4.69, 9.17) is 0 Å². The summed E-state index contributed by atoms with van der Waals surface area (Å²) in [6.45, 7) is 3.00. The zero-order chi connectivity index (χ0) is 10.6. The zero-order valence-electron chi connectivity index (χ0n) is 8.77. The minimum Gasteiger partial charge on any atom is -0.318 e. The van der Waals surface area contributed by atoms with Crippen molar-refractivity contribution in [2.24, 2.45) is 17.8 Å². The number of likely N-dealkylation sites (N-methyl/N-ethyl adjacent to an activating group) is 1. The highest BCUT2D eigenvalue weighted by atomic mass is 16.2. The molecule has 82 valence electrons. The van der Waals surface area contributed by atoms with E-state index in [0.29, 0.717) is 24.3 Å². The summed E-state index contributed by atoms with van der Waals surface area (Å²) in [7, 11) is 1.68. The molecule has 0 aromatic rings. The largest absolute Gasteiger partial charge is 0.326 e. The Hall–Kier alpha value is -1.10. The van der Waals surface area contributed by atoms with Crippen molar-refractivity contribution >= 4 is 11.9 Å². The lowest BCUT2D eigenvalue weighted by atomic mass is 10.2. The highest BCUT2D eigenvalue weighted by Gasteiger charge is 2.54. The molecule has 3 rings (SSSR count). The normalized spacial score (nSPS) is 38.9. The van der Waals surface area contributed by atoms with Crippen molar-refractivity contribution in [1.29, 1.82) is 0 Å². The summed E-state index contributed by atoms with van der Waals surface area (Å²) < 4.78 is 0. The molecule has 5 heteroatoms. The van der Waals surface area contributed by atoms with Crippen molar-refractivity contribution in [3.8, 4) is 0 Å². The fourth-order valence-corrected chi connectivity index (χ4v) is 2.88. The second-order valence-electron chi connectivity index (χ2n) is 4.79. The minimum absolute atomic E-state index is 0.0413. The van der Waals surface area contributed by atoms with Gasteiger partial charge in [0.25, 0.3) is 0 Å². The van der Waals surface area contributed by atoms with E-state index in [2.05, 4.69) is 5.32 Å². The SMILES string of the molecule is CN1CC(=O)N(CC2C3CNCC32)C1=O. The van der Waals surface area contributed by atoms with E-state index in [0.717, 1.165) is 13.1 Å². The number of carbonyl (C=O) groups excluding carboxylic acids is 2. The first-order valence-electron chi connectivity index (χ1n) is 5.44. The van der Waals surface area contributed by atoms with Crippen LogP contribution in [0.3, 0.4) is 0 Å². The number of piperidine rings is 1. The van der Waals surface area contributed by atoms with E-state index in [1.807, 2.05) is 0 Å². The average molecular weight is 209 g/mol. The van der Waals surface area contributed by atoms with Gasteiger partial charge in [-0.2, -0.15) is 0 Å². The number of hydrogen-bond acceptors (Lipinski definition) is 3. The Labute approximate surface area is 88.4 Å². The Morgan fingerprint density at radius 3 is 2.53 bits per heavy atom. The van der Waals surface area contributed by atoms with Gasteiger partial charge in [-0.3, -0.25) is 9.69 Å². The van der Waals surface area contributed by atoms with Crippen LogP contribution in [0.25, 0.3) is 0 Å². The standard InChI is InChI=1S/C10H15N3O2/c1-12-5-9(14)13(10(12)15)4-8-6-2-11-3-7(6)8/h6-8,11H,2-5H2,1H3. The predicted octanol–water partition coefficient (Wildman–Crippen LogP) is -0.654. The molecule has 0 bridgehead atoms. The topological polar surface area (TPSA) is 52.7 Å². The molecular formula is C10H15N3O2. The lowest BCUT2D eigenvalue weighted by Gasteiger charge is -2.15. The Balaban J connectivity index is 1.64. The number of carbonyl (C=O) groups is 2. The molecule has 0 aromatic carbocycles. The molecule has 2 unspecified atom stereocenters. The van der Waals surface area contributed by atoms with Crippen LogP contribution in [0.4, 0.5) is 4.79 Å². The lowest BCUT2D eigenvalue weighted by Crippen LogP contribution is -2.35. The number of hydrogen-bond donors (Lipinski definition) is 1. The van der Waals surface area contributed by atoms with Crippen LogP contribution >= 0.6 is 0 Å². The molecule has 3 amide bonds. The van der Waals surface area contributed by atoms with E-state index in [-0.39, 0.29) is 18.5 Å². The predicted molar refractivity (Wildman–Crippen MR) is 53.1 cm³/mol. The second-order valence-corrected chi connectivity index (χ2v) is 4.79. The Kier molecular flexibility index (Phi) is 1.80. The number of urea groups is 1. The number of nitrogens with one attached hydrogen (secondary N) is 1. The summed E-state index contributed by atoms with van der Waals surface area (Å²) in [6.07, 6.45) is 0. The van der Waals surface area contributed by atoms with Crippen molar-refractivity contribution in [3.05, 3.63) is 0 Å². The maximum absolute atomic E-state index is 11.6. The molecule has 15 heavy (non-hydrogen) atoms. The molecule has 3 aliphatic rings. The van der Waals surface area contributed by atoms with Gasteiger partial charge in [-0.1, -0.05) is 0 Å². The fraction of sp³-hybridized carbons (Fsp3) is 0.800. The zero-order valence-corrected chi connectivity index (χ0v) is 8.77. The van der Waals surface area contributed by atoms with Crippen LogP contribution < -0.4 is 5.32 Å². The molecule has 1 aliphatic carbocycles. The van der Waals surface area contributed by atoms with Gasteiger partial charge in [-0.25, -0.2) is 4.79 Å².